The van der Waals surface area contributed by atoms with E-state index >= 15 is 0 Å². The van der Waals surface area contributed by atoms with Crippen LogP contribution in [0, 0.1) is 10.8 Å². The molecule has 1 aliphatic heterocycles. The molecule has 1 aromatic rings. The van der Waals surface area contributed by atoms with Crippen molar-refractivity contribution in [1.82, 2.24) is 4.90 Å². The minimum absolute atomic E-state index is 0.0815. The molecule has 7 nitrogen and oxygen atoms in total. The first-order chi connectivity index (χ1) is 16.9. The molecule has 0 atom stereocenters. The Hall–Kier alpha value is -3.09. The van der Waals surface area contributed by atoms with Crippen LogP contribution in [0.2, 0.25) is 0 Å². The first-order valence-corrected chi connectivity index (χ1v) is 12.8. The topological polar surface area (TPSA) is 93.1 Å². The van der Waals surface area contributed by atoms with Crippen molar-refractivity contribution in [2.75, 3.05) is 19.8 Å². The second-order valence-corrected chi connectivity index (χ2v) is 11.6. The Labute approximate surface area is 213 Å². The third-order valence-corrected chi connectivity index (χ3v) is 7.29. The van der Waals surface area contributed by atoms with E-state index in [4.69, 9.17) is 14.6 Å². The minimum atomic E-state index is -1.08. The Balaban J connectivity index is 1.92. The summed E-state index contributed by atoms with van der Waals surface area (Å²) < 4.78 is 11.3. The molecule has 0 radical (unpaired) electrons. The van der Waals surface area contributed by atoms with E-state index in [-0.39, 0.29) is 22.4 Å². The molecule has 2 aliphatic carbocycles. The Kier molecular flexibility index (Phi) is 6.80. The summed E-state index contributed by atoms with van der Waals surface area (Å²) in [5.74, 6) is -0.659. The number of benzene rings is 1. The van der Waals surface area contributed by atoms with Gasteiger partial charge in [-0.1, -0.05) is 33.8 Å². The van der Waals surface area contributed by atoms with Gasteiger partial charge in [0.1, 0.15) is 0 Å². The van der Waals surface area contributed by atoms with E-state index < -0.39 is 18.5 Å². The highest BCUT2D eigenvalue weighted by Crippen LogP contribution is 2.54. The number of hydrogen-bond acceptors (Lipinski definition) is 6. The lowest BCUT2D eigenvalue weighted by Gasteiger charge is -2.48. The number of hydrogen-bond donors (Lipinski definition) is 1. The number of ether oxygens (including phenoxy) is 2. The van der Waals surface area contributed by atoms with E-state index in [1.54, 1.807) is 6.07 Å². The zero-order valence-corrected chi connectivity index (χ0v) is 22.2. The van der Waals surface area contributed by atoms with Crippen LogP contribution in [-0.4, -0.2) is 47.3 Å². The highest BCUT2D eigenvalue weighted by Gasteiger charge is 2.48. The van der Waals surface area contributed by atoms with E-state index in [0.717, 1.165) is 29.8 Å². The maximum Gasteiger partial charge on any atom is 0.341 e. The molecule has 4 rings (SSSR count). The molecule has 36 heavy (non-hydrogen) atoms. The summed E-state index contributed by atoms with van der Waals surface area (Å²) in [6, 6.07) is 5.33. The van der Waals surface area contributed by atoms with Crippen molar-refractivity contribution in [3.05, 3.63) is 46.3 Å². The van der Waals surface area contributed by atoms with E-state index in [1.165, 1.54) is 0 Å². The van der Waals surface area contributed by atoms with Crippen molar-refractivity contribution >= 4 is 17.5 Å². The first-order valence-electron chi connectivity index (χ1n) is 12.8. The lowest BCUT2D eigenvalue weighted by atomic mass is 9.63. The largest absolute Gasteiger partial charge is 0.490 e. The third-order valence-electron chi connectivity index (χ3n) is 7.29. The van der Waals surface area contributed by atoms with Gasteiger partial charge in [0.15, 0.2) is 29.7 Å². The molecular formula is C29H37NO6. The Morgan fingerprint density at radius 3 is 1.94 bits per heavy atom. The van der Waals surface area contributed by atoms with Crippen LogP contribution in [0.3, 0.4) is 0 Å². The van der Waals surface area contributed by atoms with E-state index in [9.17, 15) is 14.4 Å². The van der Waals surface area contributed by atoms with Crippen molar-refractivity contribution in [2.24, 2.45) is 10.8 Å². The van der Waals surface area contributed by atoms with Gasteiger partial charge in [-0.25, -0.2) is 4.79 Å². The molecule has 0 saturated heterocycles. The molecule has 7 heteroatoms. The van der Waals surface area contributed by atoms with Gasteiger partial charge in [0.2, 0.25) is 0 Å². The van der Waals surface area contributed by atoms with E-state index in [0.29, 0.717) is 48.6 Å². The van der Waals surface area contributed by atoms with Crippen molar-refractivity contribution in [3.63, 3.8) is 0 Å². The number of ketones is 2. The van der Waals surface area contributed by atoms with Gasteiger partial charge in [-0.2, -0.15) is 0 Å². The summed E-state index contributed by atoms with van der Waals surface area (Å²) in [4.78, 5) is 40.7. The molecule has 3 aliphatic rings. The Morgan fingerprint density at radius 1 is 0.917 bits per heavy atom. The zero-order chi connectivity index (χ0) is 26.4. The fourth-order valence-corrected chi connectivity index (χ4v) is 5.99. The van der Waals surface area contributed by atoms with Crippen LogP contribution in [0.5, 0.6) is 11.5 Å². The van der Waals surface area contributed by atoms with Crippen molar-refractivity contribution in [1.29, 1.82) is 0 Å². The van der Waals surface area contributed by atoms with E-state index in [2.05, 4.69) is 39.5 Å². The fraction of sp³-hybridized carbons (Fsp3) is 0.552. The van der Waals surface area contributed by atoms with Gasteiger partial charge in [0, 0.05) is 47.8 Å². The average Bonchev–Trinajstić information content (AvgIpc) is 2.75. The van der Waals surface area contributed by atoms with Crippen LogP contribution >= 0.6 is 0 Å². The number of rotatable bonds is 7. The standard InChI is InChI=1S/C29H37NO6/c1-7-30-18-12-28(3,4)14-20(31)26(18)25(27-19(30)13-29(5,6)15-21(27)32)17-9-10-22(36-16-24(33)34)23(11-17)35-8-2/h9-11,25H,7-8,12-16H2,1-6H3,(H,33,34). The third kappa shape index (κ3) is 4.80. The van der Waals surface area contributed by atoms with Gasteiger partial charge in [0.05, 0.1) is 6.61 Å². The highest BCUT2D eigenvalue weighted by atomic mass is 16.5. The van der Waals surface area contributed by atoms with Gasteiger partial charge < -0.3 is 19.5 Å². The molecule has 1 N–H and O–H groups in total. The Bertz CT molecular complexity index is 1120. The summed E-state index contributed by atoms with van der Waals surface area (Å²) in [5, 5.41) is 9.05. The molecule has 0 unspecified atom stereocenters. The number of carboxylic acid groups (broad SMARTS) is 1. The first kappa shape index (κ1) is 26.0. The van der Waals surface area contributed by atoms with Crippen molar-refractivity contribution < 1.29 is 29.0 Å². The SMILES string of the molecule is CCOc1cc(C2C3=C(CC(C)(C)CC3=O)N(CC)C3=C2C(=O)CC(C)(C)C3)ccc1OCC(=O)O. The molecule has 0 spiro atoms. The summed E-state index contributed by atoms with van der Waals surface area (Å²) >= 11 is 0. The lowest BCUT2D eigenvalue weighted by molar-refractivity contribution is -0.139. The molecule has 0 saturated carbocycles. The minimum Gasteiger partial charge on any atom is -0.490 e. The second-order valence-electron chi connectivity index (χ2n) is 11.6. The van der Waals surface area contributed by atoms with Crippen LogP contribution in [-0.2, 0) is 14.4 Å². The monoisotopic (exact) mass is 495 g/mol. The number of allylic oxidation sites excluding steroid dienone is 4. The molecule has 0 bridgehead atoms. The number of aliphatic carboxylic acids is 1. The predicted molar refractivity (Wildman–Crippen MR) is 136 cm³/mol. The maximum atomic E-state index is 13.7. The quantitative estimate of drug-likeness (QED) is 0.552. The molecular weight excluding hydrogens is 458 g/mol. The Morgan fingerprint density at radius 2 is 1.47 bits per heavy atom. The summed E-state index contributed by atoms with van der Waals surface area (Å²) in [6.07, 6.45) is 2.39. The number of nitrogens with zero attached hydrogens (tertiary/aromatic N) is 1. The molecule has 0 fully saturated rings. The summed E-state index contributed by atoms with van der Waals surface area (Å²) in [5.41, 5.74) is 3.94. The number of Topliss-reactive ketones (excluding diaryl/α,β-unsaturated/α-hetero) is 2. The van der Waals surface area contributed by atoms with E-state index in [1.807, 2.05) is 19.1 Å². The van der Waals surface area contributed by atoms with Gasteiger partial charge in [-0.05, 0) is 55.2 Å². The van der Waals surface area contributed by atoms with Gasteiger partial charge in [-0.15, -0.1) is 0 Å². The molecule has 1 heterocycles. The van der Waals surface area contributed by atoms with Gasteiger partial charge in [-0.3, -0.25) is 9.59 Å². The number of carbonyl (C=O) groups excluding carboxylic acids is 2. The maximum absolute atomic E-state index is 13.7. The molecule has 194 valence electrons. The number of carboxylic acids is 1. The fourth-order valence-electron chi connectivity index (χ4n) is 5.99. The van der Waals surface area contributed by atoms with Crippen LogP contribution < -0.4 is 9.47 Å². The van der Waals surface area contributed by atoms with Crippen molar-refractivity contribution in [3.8, 4) is 11.5 Å². The molecule has 1 aromatic carbocycles. The van der Waals surface area contributed by atoms with Crippen LogP contribution in [0.4, 0.5) is 0 Å². The normalized spacial score (nSPS) is 21.3. The van der Waals surface area contributed by atoms with Crippen molar-refractivity contribution in [2.45, 2.75) is 73.1 Å². The van der Waals surface area contributed by atoms with Gasteiger partial charge in [0.25, 0.3) is 0 Å². The summed E-state index contributed by atoms with van der Waals surface area (Å²) in [6.45, 7) is 13.0. The highest BCUT2D eigenvalue weighted by molar-refractivity contribution is 6.06. The zero-order valence-electron chi connectivity index (χ0n) is 22.2. The predicted octanol–water partition coefficient (Wildman–Crippen LogP) is 5.25. The summed E-state index contributed by atoms with van der Waals surface area (Å²) in [7, 11) is 0. The van der Waals surface area contributed by atoms with Crippen LogP contribution in [0.25, 0.3) is 0 Å². The van der Waals surface area contributed by atoms with Crippen LogP contribution in [0.1, 0.15) is 78.7 Å². The second kappa shape index (κ2) is 9.41. The number of carbonyl (C=O) groups is 3. The van der Waals surface area contributed by atoms with Crippen LogP contribution in [0.15, 0.2) is 40.7 Å². The van der Waals surface area contributed by atoms with Gasteiger partial charge >= 0.3 is 5.97 Å². The smallest absolute Gasteiger partial charge is 0.341 e. The molecule has 0 aromatic heterocycles. The molecule has 0 amide bonds. The average molecular weight is 496 g/mol. The lowest BCUT2D eigenvalue weighted by Crippen LogP contribution is -2.44.